The van der Waals surface area contributed by atoms with Gasteiger partial charge in [-0.15, -0.1) is 0 Å². The van der Waals surface area contributed by atoms with Crippen molar-refractivity contribution in [2.75, 3.05) is 18.0 Å². The lowest BCUT2D eigenvalue weighted by atomic mass is 9.91. The van der Waals surface area contributed by atoms with E-state index in [-0.39, 0.29) is 34.1 Å². The number of amides is 1. The Balaban J connectivity index is 1.76. The summed E-state index contributed by atoms with van der Waals surface area (Å²) in [7, 11) is 0. The second kappa shape index (κ2) is 8.41. The van der Waals surface area contributed by atoms with E-state index in [1.807, 2.05) is 0 Å². The number of fused-ring (bicyclic) bond motifs is 3. The highest BCUT2D eigenvalue weighted by Crippen LogP contribution is 2.42. The zero-order chi connectivity index (χ0) is 24.3. The Morgan fingerprint density at radius 2 is 1.79 bits per heavy atom. The smallest absolute Gasteiger partial charge is 0.417 e. The predicted octanol–water partition coefficient (Wildman–Crippen LogP) is 6.18. The second-order valence-electron chi connectivity index (χ2n) is 9.29. The molecule has 1 amide bonds. The van der Waals surface area contributed by atoms with Crippen molar-refractivity contribution in [3.05, 3.63) is 27.2 Å². The molecule has 2 atom stereocenters. The Bertz CT molecular complexity index is 1090. The standard InChI is InChI=1S/C21H22BrClF4N4O2/c1-20(2,3)33-19(32)31-10-5-4-6-11(31)9-30(8-10)17-12-7-13(21(25,26)27)14(22)15(24)16(12)28-18(23)29-17/h7,10-11H,4-6,8-9H2,1-3H3. The molecule has 2 aromatic rings. The van der Waals surface area contributed by atoms with Gasteiger partial charge < -0.3 is 9.64 Å². The molecule has 2 aliphatic heterocycles. The number of carbonyl (C=O) groups excluding carboxylic acids is 1. The van der Waals surface area contributed by atoms with E-state index in [1.54, 1.807) is 30.6 Å². The van der Waals surface area contributed by atoms with Gasteiger partial charge in [0.1, 0.15) is 16.9 Å². The third-order valence-corrected chi connectivity index (χ3v) is 6.70. The number of anilines is 1. The molecule has 180 valence electrons. The van der Waals surface area contributed by atoms with Crippen LogP contribution in [0.15, 0.2) is 10.5 Å². The summed E-state index contributed by atoms with van der Waals surface area (Å²) < 4.78 is 60.3. The maximum absolute atomic E-state index is 14.9. The van der Waals surface area contributed by atoms with Crippen LogP contribution in [0.2, 0.25) is 5.28 Å². The molecule has 2 saturated heterocycles. The van der Waals surface area contributed by atoms with Crippen molar-refractivity contribution >= 4 is 50.3 Å². The average Bonchev–Trinajstić information content (AvgIpc) is 2.67. The number of rotatable bonds is 1. The Morgan fingerprint density at radius 1 is 1.18 bits per heavy atom. The molecule has 0 aliphatic carbocycles. The average molecular weight is 554 g/mol. The minimum absolute atomic E-state index is 0.0868. The van der Waals surface area contributed by atoms with E-state index in [1.165, 1.54) is 0 Å². The van der Waals surface area contributed by atoms with Crippen LogP contribution in [0.3, 0.4) is 0 Å². The van der Waals surface area contributed by atoms with Gasteiger partial charge in [0.05, 0.1) is 22.1 Å². The lowest BCUT2D eigenvalue weighted by Gasteiger charge is -2.50. The van der Waals surface area contributed by atoms with Crippen LogP contribution in [-0.4, -0.2) is 51.7 Å². The normalized spacial score (nSPS) is 21.5. The Kier molecular flexibility index (Phi) is 6.18. The topological polar surface area (TPSA) is 58.6 Å². The van der Waals surface area contributed by atoms with Gasteiger partial charge >= 0.3 is 12.3 Å². The molecule has 2 bridgehead atoms. The van der Waals surface area contributed by atoms with E-state index < -0.39 is 33.7 Å². The van der Waals surface area contributed by atoms with Crippen molar-refractivity contribution < 1.29 is 27.1 Å². The number of halogens is 6. The highest BCUT2D eigenvalue weighted by Gasteiger charge is 2.43. The largest absolute Gasteiger partial charge is 0.444 e. The number of hydrogen-bond acceptors (Lipinski definition) is 5. The molecule has 3 heterocycles. The fraction of sp³-hybridized carbons (Fsp3) is 0.571. The van der Waals surface area contributed by atoms with Gasteiger partial charge in [-0.3, -0.25) is 4.90 Å². The number of nitrogens with zero attached hydrogens (tertiary/aromatic N) is 4. The van der Waals surface area contributed by atoms with Gasteiger partial charge in [-0.25, -0.2) is 14.2 Å². The van der Waals surface area contributed by atoms with E-state index in [9.17, 15) is 22.4 Å². The van der Waals surface area contributed by atoms with Gasteiger partial charge in [0.25, 0.3) is 0 Å². The van der Waals surface area contributed by atoms with Crippen LogP contribution in [-0.2, 0) is 10.9 Å². The van der Waals surface area contributed by atoms with Crippen molar-refractivity contribution in [3.8, 4) is 0 Å². The molecule has 33 heavy (non-hydrogen) atoms. The van der Waals surface area contributed by atoms with Crippen LogP contribution in [0.4, 0.5) is 28.2 Å². The molecule has 2 unspecified atom stereocenters. The summed E-state index contributed by atoms with van der Waals surface area (Å²) in [5.41, 5.74) is -2.12. The van der Waals surface area contributed by atoms with Crippen LogP contribution < -0.4 is 4.90 Å². The SMILES string of the molecule is CC(C)(C)OC(=O)N1C2CCCC1CN(c1nc(Cl)nc3c(F)c(Br)c(C(F)(F)F)cc13)C2. The first-order valence-electron chi connectivity index (χ1n) is 10.4. The Morgan fingerprint density at radius 3 is 2.33 bits per heavy atom. The van der Waals surface area contributed by atoms with Crippen molar-refractivity contribution in [3.63, 3.8) is 0 Å². The molecule has 0 saturated carbocycles. The summed E-state index contributed by atoms with van der Waals surface area (Å²) in [5, 5.41) is -0.362. The number of ether oxygens (including phenoxy) is 1. The van der Waals surface area contributed by atoms with Crippen molar-refractivity contribution in [1.29, 1.82) is 0 Å². The molecule has 4 rings (SSSR count). The van der Waals surface area contributed by atoms with Crippen LogP contribution in [0.1, 0.15) is 45.6 Å². The Labute approximate surface area is 201 Å². The highest BCUT2D eigenvalue weighted by atomic mass is 79.9. The number of carbonyl (C=O) groups is 1. The zero-order valence-electron chi connectivity index (χ0n) is 18.1. The first-order chi connectivity index (χ1) is 15.3. The summed E-state index contributed by atoms with van der Waals surface area (Å²) in [6.45, 7) is 5.97. The van der Waals surface area contributed by atoms with E-state index >= 15 is 0 Å². The fourth-order valence-electron chi connectivity index (χ4n) is 4.50. The summed E-state index contributed by atoms with van der Waals surface area (Å²) >= 11 is 8.73. The maximum Gasteiger partial charge on any atom is 0.417 e. The number of benzene rings is 1. The number of aromatic nitrogens is 2. The number of alkyl halides is 3. The van der Waals surface area contributed by atoms with Gasteiger partial charge in [0.2, 0.25) is 5.28 Å². The summed E-state index contributed by atoms with van der Waals surface area (Å²) in [6.07, 6.45) is -2.88. The lowest BCUT2D eigenvalue weighted by molar-refractivity contribution is -0.138. The molecule has 6 nitrogen and oxygen atoms in total. The van der Waals surface area contributed by atoms with Gasteiger partial charge in [-0.1, -0.05) is 0 Å². The summed E-state index contributed by atoms with van der Waals surface area (Å²) in [5.74, 6) is -1.04. The zero-order valence-corrected chi connectivity index (χ0v) is 20.5. The van der Waals surface area contributed by atoms with Gasteiger partial charge in [0.15, 0.2) is 5.82 Å². The van der Waals surface area contributed by atoms with Gasteiger partial charge in [0, 0.05) is 18.5 Å². The van der Waals surface area contributed by atoms with Crippen molar-refractivity contribution in [1.82, 2.24) is 14.9 Å². The first-order valence-corrected chi connectivity index (χ1v) is 11.6. The molecule has 1 aromatic carbocycles. The monoisotopic (exact) mass is 552 g/mol. The van der Waals surface area contributed by atoms with Crippen LogP contribution in [0.5, 0.6) is 0 Å². The van der Waals surface area contributed by atoms with Crippen molar-refractivity contribution in [2.24, 2.45) is 0 Å². The van der Waals surface area contributed by atoms with Crippen LogP contribution in [0.25, 0.3) is 10.9 Å². The van der Waals surface area contributed by atoms with Gasteiger partial charge in [-0.05, 0) is 73.6 Å². The molecule has 1 aromatic heterocycles. The van der Waals surface area contributed by atoms with E-state index in [4.69, 9.17) is 16.3 Å². The van der Waals surface area contributed by atoms with E-state index in [0.29, 0.717) is 25.9 Å². The Hall–Kier alpha value is -1.88. The predicted molar refractivity (Wildman–Crippen MR) is 119 cm³/mol. The van der Waals surface area contributed by atoms with Crippen LogP contribution >= 0.6 is 27.5 Å². The number of piperidine rings is 1. The highest BCUT2D eigenvalue weighted by molar-refractivity contribution is 9.10. The number of piperazine rings is 1. The molecular formula is C21H22BrClF4N4O2. The molecule has 2 fully saturated rings. The minimum atomic E-state index is -4.78. The van der Waals surface area contributed by atoms with E-state index in [2.05, 4.69) is 25.9 Å². The third kappa shape index (κ3) is 4.71. The molecule has 0 spiro atoms. The quantitative estimate of drug-likeness (QED) is 0.312. The lowest BCUT2D eigenvalue weighted by Crippen LogP contribution is -2.63. The molecular weight excluding hydrogens is 532 g/mol. The molecule has 0 radical (unpaired) electrons. The van der Waals surface area contributed by atoms with E-state index in [0.717, 1.165) is 12.5 Å². The summed E-state index contributed by atoms with van der Waals surface area (Å²) in [6, 6.07) is 0.390. The number of hydrogen-bond donors (Lipinski definition) is 0. The third-order valence-electron chi connectivity index (χ3n) is 5.76. The maximum atomic E-state index is 14.9. The van der Waals surface area contributed by atoms with Gasteiger partial charge in [-0.2, -0.15) is 18.2 Å². The minimum Gasteiger partial charge on any atom is -0.444 e. The first kappa shape index (κ1) is 24.3. The second-order valence-corrected chi connectivity index (χ2v) is 10.4. The fourth-order valence-corrected chi connectivity index (χ4v) is 5.19. The van der Waals surface area contributed by atoms with Crippen LogP contribution in [0, 0.1) is 5.82 Å². The van der Waals surface area contributed by atoms with Crippen molar-refractivity contribution in [2.45, 2.75) is 63.9 Å². The molecule has 0 N–H and O–H groups in total. The summed E-state index contributed by atoms with van der Waals surface area (Å²) in [4.78, 5) is 24.3. The molecule has 2 aliphatic rings. The molecule has 12 heteroatoms.